The minimum absolute atomic E-state index is 0.0107. The molecule has 0 radical (unpaired) electrons. The summed E-state index contributed by atoms with van der Waals surface area (Å²) < 4.78 is 1.80. The summed E-state index contributed by atoms with van der Waals surface area (Å²) in [5.74, 6) is 0. The Morgan fingerprint density at radius 3 is 2.81 bits per heavy atom. The highest BCUT2D eigenvalue weighted by atomic mass is 32.1. The van der Waals surface area contributed by atoms with Crippen LogP contribution in [0.5, 0.6) is 0 Å². The van der Waals surface area contributed by atoms with E-state index in [9.17, 15) is 10.1 Å². The van der Waals surface area contributed by atoms with Gasteiger partial charge in [0.05, 0.1) is 21.8 Å². The van der Waals surface area contributed by atoms with Gasteiger partial charge in [0.1, 0.15) is 6.20 Å². The van der Waals surface area contributed by atoms with E-state index in [1.54, 1.807) is 16.0 Å². The number of nitrogens with zero attached hydrogens (tertiary/aromatic N) is 5. The van der Waals surface area contributed by atoms with Gasteiger partial charge in [0.25, 0.3) is 5.69 Å². The fourth-order valence-electron chi connectivity index (χ4n) is 2.23. The minimum Gasteiger partial charge on any atom is -0.258 e. The molecule has 7 nitrogen and oxygen atoms in total. The van der Waals surface area contributed by atoms with Gasteiger partial charge in [-0.1, -0.05) is 0 Å². The molecule has 21 heavy (non-hydrogen) atoms. The smallest absolute Gasteiger partial charge is 0.258 e. The Hall–Kier alpha value is -2.35. The van der Waals surface area contributed by atoms with Crippen LogP contribution in [-0.4, -0.2) is 24.7 Å². The quantitative estimate of drug-likeness (QED) is 0.546. The van der Waals surface area contributed by atoms with Crippen molar-refractivity contribution in [2.24, 2.45) is 0 Å². The number of aromatic nitrogens is 4. The third kappa shape index (κ3) is 2.49. The summed E-state index contributed by atoms with van der Waals surface area (Å²) in [6.45, 7) is 4.50. The van der Waals surface area contributed by atoms with Crippen molar-refractivity contribution in [3.8, 4) is 0 Å². The van der Waals surface area contributed by atoms with Crippen molar-refractivity contribution in [1.29, 1.82) is 0 Å². The first-order valence-corrected chi connectivity index (χ1v) is 7.30. The van der Waals surface area contributed by atoms with Crippen molar-refractivity contribution >= 4 is 28.1 Å². The first-order valence-electron chi connectivity index (χ1n) is 6.43. The summed E-state index contributed by atoms with van der Waals surface area (Å²) in [7, 11) is 0. The van der Waals surface area contributed by atoms with Crippen LogP contribution in [0.4, 0.5) is 5.69 Å². The zero-order chi connectivity index (χ0) is 15.0. The second-order valence-electron chi connectivity index (χ2n) is 4.74. The van der Waals surface area contributed by atoms with Crippen LogP contribution < -0.4 is 0 Å². The van der Waals surface area contributed by atoms with E-state index in [-0.39, 0.29) is 5.69 Å². The molecule has 0 saturated carbocycles. The Morgan fingerprint density at radius 2 is 2.14 bits per heavy atom. The molecule has 0 spiro atoms. The molecule has 0 unspecified atom stereocenters. The number of thiazole rings is 1. The maximum atomic E-state index is 10.8. The lowest BCUT2D eigenvalue weighted by Gasteiger charge is -2.02. The Bertz CT molecular complexity index is 823. The van der Waals surface area contributed by atoms with Crippen LogP contribution in [0.2, 0.25) is 0 Å². The monoisotopic (exact) mass is 303 g/mol. The highest BCUT2D eigenvalue weighted by Gasteiger charge is 2.14. The second-order valence-corrected chi connectivity index (χ2v) is 5.68. The Labute approximate surface area is 124 Å². The molecule has 0 amide bonds. The molecule has 8 heteroatoms. The predicted molar refractivity (Wildman–Crippen MR) is 79.5 cm³/mol. The highest BCUT2D eigenvalue weighted by Crippen LogP contribution is 2.22. The molecule has 0 aliphatic heterocycles. The number of aryl methyl sites for hydroxylation is 4. The number of hydrogen-bond acceptors (Lipinski definition) is 6. The average molecular weight is 303 g/mol. The van der Waals surface area contributed by atoms with E-state index in [4.69, 9.17) is 0 Å². The Kier molecular flexibility index (Phi) is 3.38. The lowest BCUT2D eigenvalue weighted by atomic mass is 10.2. The van der Waals surface area contributed by atoms with Crippen molar-refractivity contribution in [2.75, 3.05) is 0 Å². The molecule has 0 atom stereocenters. The van der Waals surface area contributed by atoms with Crippen molar-refractivity contribution < 1.29 is 4.92 Å². The van der Waals surface area contributed by atoms with E-state index in [1.807, 2.05) is 19.4 Å². The molecule has 3 rings (SSSR count). The minimum atomic E-state index is -0.441. The summed E-state index contributed by atoms with van der Waals surface area (Å²) in [6, 6.07) is 1.53. The molecule has 0 bridgehead atoms. The zero-order valence-corrected chi connectivity index (χ0v) is 12.4. The van der Waals surface area contributed by atoms with Gasteiger partial charge in [0.2, 0.25) is 0 Å². The van der Waals surface area contributed by atoms with Crippen LogP contribution in [0.15, 0.2) is 17.8 Å². The summed E-state index contributed by atoms with van der Waals surface area (Å²) in [5.41, 5.74) is 4.29. The van der Waals surface area contributed by atoms with Gasteiger partial charge in [0, 0.05) is 29.3 Å². The van der Waals surface area contributed by atoms with Gasteiger partial charge >= 0.3 is 0 Å². The summed E-state index contributed by atoms with van der Waals surface area (Å²) in [4.78, 5) is 20.0. The molecule has 0 N–H and O–H groups in total. The van der Waals surface area contributed by atoms with Crippen LogP contribution in [0.25, 0.3) is 11.0 Å². The van der Waals surface area contributed by atoms with Crippen LogP contribution in [-0.2, 0) is 13.0 Å². The van der Waals surface area contributed by atoms with E-state index < -0.39 is 4.92 Å². The SMILES string of the molecule is Cc1ncsc1CCn1nc(C)c2cc([N+](=O)[O-])cnc21. The van der Waals surface area contributed by atoms with E-state index in [1.165, 1.54) is 17.1 Å². The second kappa shape index (κ2) is 5.21. The van der Waals surface area contributed by atoms with Crippen molar-refractivity contribution in [2.45, 2.75) is 26.8 Å². The molecule has 0 aliphatic rings. The summed E-state index contributed by atoms with van der Waals surface area (Å²) in [5, 5.41) is 16.0. The molecule has 3 aromatic rings. The van der Waals surface area contributed by atoms with Crippen LogP contribution in [0.1, 0.15) is 16.3 Å². The maximum Gasteiger partial charge on any atom is 0.288 e. The maximum absolute atomic E-state index is 10.8. The van der Waals surface area contributed by atoms with E-state index >= 15 is 0 Å². The fraction of sp³-hybridized carbons (Fsp3) is 0.308. The first kappa shape index (κ1) is 13.6. The van der Waals surface area contributed by atoms with Gasteiger partial charge in [-0.25, -0.2) is 14.6 Å². The number of rotatable bonds is 4. The van der Waals surface area contributed by atoms with Gasteiger partial charge in [0.15, 0.2) is 5.65 Å². The molecular formula is C13H13N5O2S. The third-order valence-electron chi connectivity index (χ3n) is 3.36. The molecule has 0 saturated heterocycles. The molecule has 3 aromatic heterocycles. The van der Waals surface area contributed by atoms with Crippen LogP contribution in [0, 0.1) is 24.0 Å². The predicted octanol–water partition coefficient (Wildman–Crippen LogP) is 2.66. The van der Waals surface area contributed by atoms with Crippen molar-refractivity contribution in [3.63, 3.8) is 0 Å². The topological polar surface area (TPSA) is 86.7 Å². The Balaban J connectivity index is 1.93. The lowest BCUT2D eigenvalue weighted by molar-refractivity contribution is -0.385. The normalized spacial score (nSPS) is 11.1. The highest BCUT2D eigenvalue weighted by molar-refractivity contribution is 7.09. The summed E-state index contributed by atoms with van der Waals surface area (Å²) >= 11 is 1.63. The standard InChI is InChI=1S/C13H13N5O2S/c1-8-11-5-10(18(19)20)6-14-13(11)17(16-8)4-3-12-9(2)15-7-21-12/h5-7H,3-4H2,1-2H3. The Morgan fingerprint density at radius 1 is 1.33 bits per heavy atom. The number of pyridine rings is 1. The number of fused-ring (bicyclic) bond motifs is 1. The number of hydrogen-bond donors (Lipinski definition) is 0. The fourth-order valence-corrected chi connectivity index (χ4v) is 3.00. The zero-order valence-electron chi connectivity index (χ0n) is 11.6. The molecule has 3 heterocycles. The van der Waals surface area contributed by atoms with Gasteiger partial charge in [-0.2, -0.15) is 5.10 Å². The van der Waals surface area contributed by atoms with Gasteiger partial charge in [-0.3, -0.25) is 10.1 Å². The van der Waals surface area contributed by atoms with Crippen molar-refractivity contribution in [3.05, 3.63) is 44.2 Å². The van der Waals surface area contributed by atoms with Crippen molar-refractivity contribution in [1.82, 2.24) is 19.7 Å². The van der Waals surface area contributed by atoms with Gasteiger partial charge in [-0.15, -0.1) is 11.3 Å². The van der Waals surface area contributed by atoms with Gasteiger partial charge < -0.3 is 0 Å². The van der Waals surface area contributed by atoms with E-state index in [0.29, 0.717) is 12.2 Å². The van der Waals surface area contributed by atoms with E-state index in [0.717, 1.165) is 23.2 Å². The molecule has 0 aromatic carbocycles. The lowest BCUT2D eigenvalue weighted by Crippen LogP contribution is -2.04. The van der Waals surface area contributed by atoms with Crippen LogP contribution >= 0.6 is 11.3 Å². The first-order chi connectivity index (χ1) is 10.1. The molecular weight excluding hydrogens is 290 g/mol. The molecule has 0 aliphatic carbocycles. The summed E-state index contributed by atoms with van der Waals surface area (Å²) in [6.07, 6.45) is 2.10. The largest absolute Gasteiger partial charge is 0.288 e. The van der Waals surface area contributed by atoms with Gasteiger partial charge in [-0.05, 0) is 13.8 Å². The molecule has 108 valence electrons. The van der Waals surface area contributed by atoms with Crippen LogP contribution in [0.3, 0.4) is 0 Å². The molecule has 0 fully saturated rings. The number of nitro groups is 1. The third-order valence-corrected chi connectivity index (χ3v) is 4.36. The average Bonchev–Trinajstić information content (AvgIpc) is 3.00. The van der Waals surface area contributed by atoms with E-state index in [2.05, 4.69) is 15.1 Å².